The summed E-state index contributed by atoms with van der Waals surface area (Å²) in [6, 6.07) is 10.3. The molecule has 1 aliphatic carbocycles. The summed E-state index contributed by atoms with van der Waals surface area (Å²) in [5.41, 5.74) is 4.78. The largest absolute Gasteiger partial charge is 0.493 e. The van der Waals surface area contributed by atoms with Gasteiger partial charge in [0, 0.05) is 30.3 Å². The third-order valence-corrected chi connectivity index (χ3v) is 4.62. The molecule has 0 spiro atoms. The van der Waals surface area contributed by atoms with Crippen LogP contribution in [-0.4, -0.2) is 31.1 Å². The zero-order valence-electron chi connectivity index (χ0n) is 15.4. The van der Waals surface area contributed by atoms with Gasteiger partial charge in [0.25, 0.3) is 0 Å². The Bertz CT molecular complexity index is 1000. The Morgan fingerprint density at radius 1 is 1.11 bits per heavy atom. The lowest BCUT2D eigenvalue weighted by molar-refractivity contribution is 0.122. The first-order valence-electron chi connectivity index (χ1n) is 8.51. The van der Waals surface area contributed by atoms with Crippen molar-refractivity contribution in [1.82, 2.24) is 9.78 Å². The number of aromatic nitrogens is 2. The Morgan fingerprint density at radius 2 is 1.89 bits per heavy atom. The fraction of sp³-hybridized carbons (Fsp3) is 0.250. The van der Waals surface area contributed by atoms with E-state index >= 15 is 0 Å². The van der Waals surface area contributed by atoms with E-state index in [0.29, 0.717) is 36.2 Å². The van der Waals surface area contributed by atoms with E-state index in [9.17, 15) is 4.39 Å². The minimum atomic E-state index is -0.300. The van der Waals surface area contributed by atoms with Crippen molar-refractivity contribution in [2.45, 2.75) is 13.2 Å². The number of hydrogen-bond acceptors (Lipinski definition) is 5. The van der Waals surface area contributed by atoms with Crippen LogP contribution >= 0.6 is 0 Å². The van der Waals surface area contributed by atoms with E-state index in [0.717, 1.165) is 22.4 Å². The standard InChI is InChI=1S/C20H20FN3O3/c1-25-11-24-19-15-10-18(27-3)17(26-2)8-12(15)7-16(19)20(23-24)22-14-6-4-5-13(21)9-14/h4-6,8-10H,7,11H2,1-3H3,(H,22,23). The molecule has 3 aromatic rings. The topological polar surface area (TPSA) is 57.5 Å². The van der Waals surface area contributed by atoms with E-state index in [1.807, 2.05) is 12.1 Å². The molecule has 1 N–H and O–H groups in total. The third-order valence-electron chi connectivity index (χ3n) is 4.62. The van der Waals surface area contributed by atoms with E-state index in [-0.39, 0.29) is 5.82 Å². The van der Waals surface area contributed by atoms with Gasteiger partial charge < -0.3 is 19.5 Å². The molecule has 7 heteroatoms. The van der Waals surface area contributed by atoms with Crippen molar-refractivity contribution in [1.29, 1.82) is 0 Å². The number of anilines is 2. The average Bonchev–Trinajstić information content (AvgIpc) is 3.18. The van der Waals surface area contributed by atoms with Crippen molar-refractivity contribution in [3.63, 3.8) is 0 Å². The number of rotatable bonds is 6. The third kappa shape index (κ3) is 3.00. The van der Waals surface area contributed by atoms with Crippen molar-refractivity contribution in [2.75, 3.05) is 26.6 Å². The average molecular weight is 369 g/mol. The smallest absolute Gasteiger partial charge is 0.161 e. The zero-order valence-corrected chi connectivity index (χ0v) is 15.4. The number of nitrogens with zero attached hydrogens (tertiary/aromatic N) is 2. The van der Waals surface area contributed by atoms with Crippen molar-refractivity contribution in [2.24, 2.45) is 0 Å². The summed E-state index contributed by atoms with van der Waals surface area (Å²) in [5, 5.41) is 7.86. The van der Waals surface area contributed by atoms with Crippen LogP contribution < -0.4 is 14.8 Å². The second-order valence-electron chi connectivity index (χ2n) is 6.27. The predicted octanol–water partition coefficient (Wildman–Crippen LogP) is 3.96. The second-order valence-corrected chi connectivity index (χ2v) is 6.27. The molecule has 0 aliphatic heterocycles. The molecule has 1 aliphatic rings. The summed E-state index contributed by atoms with van der Waals surface area (Å²) < 4.78 is 31.5. The van der Waals surface area contributed by atoms with Gasteiger partial charge in [-0.25, -0.2) is 9.07 Å². The second kappa shape index (κ2) is 6.92. The molecule has 2 aromatic carbocycles. The highest BCUT2D eigenvalue weighted by Crippen LogP contribution is 2.45. The number of nitrogens with one attached hydrogen (secondary N) is 1. The predicted molar refractivity (Wildman–Crippen MR) is 100 cm³/mol. The Kier molecular flexibility index (Phi) is 4.45. The van der Waals surface area contributed by atoms with E-state index < -0.39 is 0 Å². The fourth-order valence-corrected chi connectivity index (χ4v) is 3.47. The highest BCUT2D eigenvalue weighted by Gasteiger charge is 2.29. The summed E-state index contributed by atoms with van der Waals surface area (Å²) in [6.45, 7) is 0.306. The van der Waals surface area contributed by atoms with Crippen LogP contribution in [0.5, 0.6) is 11.5 Å². The maximum absolute atomic E-state index is 13.5. The van der Waals surface area contributed by atoms with Crippen molar-refractivity contribution in [3.05, 3.63) is 53.3 Å². The molecule has 1 heterocycles. The molecule has 27 heavy (non-hydrogen) atoms. The van der Waals surface area contributed by atoms with Crippen molar-refractivity contribution < 1.29 is 18.6 Å². The lowest BCUT2D eigenvalue weighted by Gasteiger charge is -2.12. The lowest BCUT2D eigenvalue weighted by Crippen LogP contribution is -2.05. The van der Waals surface area contributed by atoms with Gasteiger partial charge in [-0.1, -0.05) is 6.07 Å². The normalized spacial score (nSPS) is 11.9. The number of ether oxygens (including phenoxy) is 3. The van der Waals surface area contributed by atoms with Gasteiger partial charge in [0.15, 0.2) is 17.3 Å². The molecule has 0 amide bonds. The summed E-state index contributed by atoms with van der Waals surface area (Å²) in [6.07, 6.45) is 0.687. The van der Waals surface area contributed by atoms with Crippen LogP contribution in [0.2, 0.25) is 0 Å². The first kappa shape index (κ1) is 17.4. The van der Waals surface area contributed by atoms with Gasteiger partial charge >= 0.3 is 0 Å². The number of halogens is 1. The molecule has 0 bridgehead atoms. The summed E-state index contributed by atoms with van der Waals surface area (Å²) in [7, 11) is 4.86. The van der Waals surface area contributed by atoms with Crippen LogP contribution in [0.3, 0.4) is 0 Å². The highest BCUT2D eigenvalue weighted by atomic mass is 19.1. The minimum absolute atomic E-state index is 0.300. The molecule has 0 saturated heterocycles. The molecule has 140 valence electrons. The first-order valence-corrected chi connectivity index (χ1v) is 8.51. The molecule has 0 fully saturated rings. The Balaban J connectivity index is 1.80. The van der Waals surface area contributed by atoms with Crippen LogP contribution in [0.1, 0.15) is 11.1 Å². The summed E-state index contributed by atoms with van der Waals surface area (Å²) in [4.78, 5) is 0. The molecular formula is C20H20FN3O3. The van der Waals surface area contributed by atoms with E-state index in [4.69, 9.17) is 14.2 Å². The SMILES string of the molecule is COCn1nc(Nc2cccc(F)c2)c2c1-c1cc(OC)c(OC)cc1C2. The first-order chi connectivity index (χ1) is 13.1. The molecule has 1 aromatic heterocycles. The van der Waals surface area contributed by atoms with Gasteiger partial charge in [-0.15, -0.1) is 0 Å². The van der Waals surface area contributed by atoms with E-state index in [1.165, 1.54) is 12.1 Å². The Hall–Kier alpha value is -3.06. The van der Waals surface area contributed by atoms with Crippen molar-refractivity contribution in [3.8, 4) is 22.8 Å². The molecular weight excluding hydrogens is 349 g/mol. The molecule has 0 radical (unpaired) electrons. The van der Waals surface area contributed by atoms with Crippen LogP contribution in [0.15, 0.2) is 36.4 Å². The number of fused-ring (bicyclic) bond motifs is 3. The molecule has 0 atom stereocenters. The van der Waals surface area contributed by atoms with Gasteiger partial charge in [0.1, 0.15) is 12.5 Å². The summed E-state index contributed by atoms with van der Waals surface area (Å²) >= 11 is 0. The van der Waals surface area contributed by atoms with Crippen LogP contribution in [0.25, 0.3) is 11.3 Å². The van der Waals surface area contributed by atoms with Crippen LogP contribution in [-0.2, 0) is 17.9 Å². The number of hydrogen-bond donors (Lipinski definition) is 1. The maximum Gasteiger partial charge on any atom is 0.161 e. The number of methoxy groups -OCH3 is 3. The Morgan fingerprint density at radius 3 is 2.59 bits per heavy atom. The minimum Gasteiger partial charge on any atom is -0.493 e. The van der Waals surface area contributed by atoms with Gasteiger partial charge in [-0.3, -0.25) is 0 Å². The monoisotopic (exact) mass is 369 g/mol. The fourth-order valence-electron chi connectivity index (χ4n) is 3.47. The van der Waals surface area contributed by atoms with Crippen LogP contribution in [0.4, 0.5) is 15.9 Å². The van der Waals surface area contributed by atoms with Gasteiger partial charge in [-0.2, -0.15) is 5.10 Å². The maximum atomic E-state index is 13.5. The van der Waals surface area contributed by atoms with Gasteiger partial charge in [0.05, 0.1) is 19.9 Å². The molecule has 4 rings (SSSR count). The van der Waals surface area contributed by atoms with Crippen LogP contribution in [0, 0.1) is 5.82 Å². The quantitative estimate of drug-likeness (QED) is 0.558. The highest BCUT2D eigenvalue weighted by molar-refractivity contribution is 5.82. The van der Waals surface area contributed by atoms with Gasteiger partial charge in [-0.05, 0) is 35.9 Å². The summed E-state index contributed by atoms with van der Waals surface area (Å²) in [5.74, 6) is 1.73. The van der Waals surface area contributed by atoms with E-state index in [1.54, 1.807) is 38.1 Å². The Labute approximate surface area is 156 Å². The molecule has 0 unspecified atom stereocenters. The lowest BCUT2D eigenvalue weighted by atomic mass is 10.1. The van der Waals surface area contributed by atoms with E-state index in [2.05, 4.69) is 10.4 Å². The zero-order chi connectivity index (χ0) is 19.0. The molecule has 6 nitrogen and oxygen atoms in total. The van der Waals surface area contributed by atoms with Crippen molar-refractivity contribution >= 4 is 11.5 Å². The molecule has 0 saturated carbocycles. The number of benzene rings is 2. The van der Waals surface area contributed by atoms with Gasteiger partial charge in [0.2, 0.25) is 0 Å².